The molecule has 0 N–H and O–H groups in total. The molecule has 1 aromatic rings. The Morgan fingerprint density at radius 2 is 2.06 bits per heavy atom. The Bertz CT molecular complexity index is 430. The summed E-state index contributed by atoms with van der Waals surface area (Å²) in [5, 5.41) is 8.85. The summed E-state index contributed by atoms with van der Waals surface area (Å²) in [6.45, 7) is 5.58. The molecule has 0 bridgehead atoms. The molecule has 0 amide bonds. The SMILES string of the molecule is CCC(C)(C)C(=O)Oc1ccccc1C#N. The van der Waals surface area contributed by atoms with E-state index in [1.165, 1.54) is 0 Å². The lowest BCUT2D eigenvalue weighted by Crippen LogP contribution is -2.28. The van der Waals surface area contributed by atoms with E-state index in [0.29, 0.717) is 17.7 Å². The molecule has 84 valence electrons. The van der Waals surface area contributed by atoms with Crippen molar-refractivity contribution in [2.24, 2.45) is 5.41 Å². The Morgan fingerprint density at radius 1 is 1.44 bits per heavy atom. The highest BCUT2D eigenvalue weighted by Crippen LogP contribution is 2.25. The highest BCUT2D eigenvalue weighted by Gasteiger charge is 2.28. The molecule has 0 aliphatic rings. The summed E-state index contributed by atoms with van der Waals surface area (Å²) >= 11 is 0. The first-order valence-corrected chi connectivity index (χ1v) is 5.22. The van der Waals surface area contributed by atoms with Crippen LogP contribution in [-0.2, 0) is 4.79 Å². The maximum absolute atomic E-state index is 11.8. The third-order valence-electron chi connectivity index (χ3n) is 2.65. The molecule has 0 saturated heterocycles. The molecule has 0 aliphatic heterocycles. The maximum Gasteiger partial charge on any atom is 0.316 e. The number of para-hydroxylation sites is 1. The fourth-order valence-corrected chi connectivity index (χ4v) is 1.03. The predicted molar refractivity (Wildman–Crippen MR) is 60.9 cm³/mol. The van der Waals surface area contributed by atoms with Gasteiger partial charge in [0.05, 0.1) is 11.0 Å². The molecule has 0 unspecified atom stereocenters. The second-order valence-corrected chi connectivity index (χ2v) is 4.23. The van der Waals surface area contributed by atoms with Gasteiger partial charge in [0.1, 0.15) is 11.8 Å². The lowest BCUT2D eigenvalue weighted by molar-refractivity contribution is -0.144. The van der Waals surface area contributed by atoms with Crippen LogP contribution in [0, 0.1) is 16.7 Å². The molecule has 0 radical (unpaired) electrons. The lowest BCUT2D eigenvalue weighted by atomic mass is 9.91. The summed E-state index contributed by atoms with van der Waals surface area (Å²) in [6.07, 6.45) is 0.695. The normalized spacial score (nSPS) is 10.6. The van der Waals surface area contributed by atoms with Gasteiger partial charge in [-0.2, -0.15) is 5.26 Å². The van der Waals surface area contributed by atoms with E-state index in [1.54, 1.807) is 24.3 Å². The summed E-state index contributed by atoms with van der Waals surface area (Å²) in [4.78, 5) is 11.8. The van der Waals surface area contributed by atoms with Gasteiger partial charge >= 0.3 is 5.97 Å². The van der Waals surface area contributed by atoms with E-state index in [2.05, 4.69) is 0 Å². The molecule has 3 nitrogen and oxygen atoms in total. The highest BCUT2D eigenvalue weighted by molar-refractivity contribution is 5.78. The van der Waals surface area contributed by atoms with Crippen molar-refractivity contribution in [3.63, 3.8) is 0 Å². The first kappa shape index (κ1) is 12.3. The van der Waals surface area contributed by atoms with Gasteiger partial charge in [0.15, 0.2) is 0 Å². The molecule has 16 heavy (non-hydrogen) atoms. The number of ether oxygens (including phenoxy) is 1. The zero-order valence-corrected chi connectivity index (χ0v) is 9.78. The van der Waals surface area contributed by atoms with Gasteiger partial charge in [-0.25, -0.2) is 0 Å². The van der Waals surface area contributed by atoms with Crippen LogP contribution in [0.1, 0.15) is 32.8 Å². The monoisotopic (exact) mass is 217 g/mol. The van der Waals surface area contributed by atoms with Crippen molar-refractivity contribution in [1.82, 2.24) is 0 Å². The van der Waals surface area contributed by atoms with Crippen LogP contribution in [0.3, 0.4) is 0 Å². The number of hydrogen-bond donors (Lipinski definition) is 0. The van der Waals surface area contributed by atoms with E-state index < -0.39 is 5.41 Å². The van der Waals surface area contributed by atoms with Crippen LogP contribution in [0.4, 0.5) is 0 Å². The lowest BCUT2D eigenvalue weighted by Gasteiger charge is -2.20. The van der Waals surface area contributed by atoms with Gasteiger partial charge in [-0.3, -0.25) is 4.79 Å². The smallest absolute Gasteiger partial charge is 0.316 e. The minimum atomic E-state index is -0.525. The van der Waals surface area contributed by atoms with E-state index in [4.69, 9.17) is 10.00 Å². The number of esters is 1. The van der Waals surface area contributed by atoms with Crippen LogP contribution >= 0.6 is 0 Å². The number of hydrogen-bond acceptors (Lipinski definition) is 3. The van der Waals surface area contributed by atoms with Gasteiger partial charge in [0.25, 0.3) is 0 Å². The largest absolute Gasteiger partial charge is 0.425 e. The van der Waals surface area contributed by atoms with Crippen LogP contribution in [0.15, 0.2) is 24.3 Å². The quantitative estimate of drug-likeness (QED) is 0.577. The number of benzene rings is 1. The molecule has 0 fully saturated rings. The Kier molecular flexibility index (Phi) is 3.68. The number of rotatable bonds is 3. The average molecular weight is 217 g/mol. The second-order valence-electron chi connectivity index (χ2n) is 4.23. The molecular formula is C13H15NO2. The van der Waals surface area contributed by atoms with Gasteiger partial charge in [0, 0.05) is 0 Å². The van der Waals surface area contributed by atoms with Gasteiger partial charge in [0.2, 0.25) is 0 Å². The number of carbonyl (C=O) groups excluding carboxylic acids is 1. The number of nitrogens with zero attached hydrogens (tertiary/aromatic N) is 1. The zero-order valence-electron chi connectivity index (χ0n) is 9.78. The van der Waals surface area contributed by atoms with Gasteiger partial charge < -0.3 is 4.74 Å². The van der Waals surface area contributed by atoms with Gasteiger partial charge in [-0.1, -0.05) is 19.1 Å². The van der Waals surface area contributed by atoms with Crippen LogP contribution in [-0.4, -0.2) is 5.97 Å². The van der Waals surface area contributed by atoms with Crippen LogP contribution < -0.4 is 4.74 Å². The molecule has 3 heteroatoms. The molecule has 1 rings (SSSR count). The molecule has 0 aliphatic carbocycles. The van der Waals surface area contributed by atoms with Gasteiger partial charge in [-0.05, 0) is 32.4 Å². The molecular weight excluding hydrogens is 202 g/mol. The first-order chi connectivity index (χ1) is 7.51. The number of nitriles is 1. The van der Waals surface area contributed by atoms with Crippen LogP contribution in [0.2, 0.25) is 0 Å². The van der Waals surface area contributed by atoms with Crippen molar-refractivity contribution < 1.29 is 9.53 Å². The van der Waals surface area contributed by atoms with E-state index in [1.807, 2.05) is 26.8 Å². The zero-order chi connectivity index (χ0) is 12.2. The molecule has 0 heterocycles. The van der Waals surface area contributed by atoms with Crippen molar-refractivity contribution in [3.8, 4) is 11.8 Å². The van der Waals surface area contributed by atoms with Crippen molar-refractivity contribution in [2.45, 2.75) is 27.2 Å². The minimum Gasteiger partial charge on any atom is -0.425 e. The Hall–Kier alpha value is -1.82. The van der Waals surface area contributed by atoms with Crippen molar-refractivity contribution in [2.75, 3.05) is 0 Å². The average Bonchev–Trinajstić information content (AvgIpc) is 2.29. The molecule has 1 aromatic carbocycles. The standard InChI is InChI=1S/C13H15NO2/c1-4-13(2,3)12(15)16-11-8-6-5-7-10(11)9-14/h5-8H,4H2,1-3H3. The summed E-state index contributed by atoms with van der Waals surface area (Å²) < 4.78 is 5.23. The molecule has 0 saturated carbocycles. The first-order valence-electron chi connectivity index (χ1n) is 5.22. The number of carbonyl (C=O) groups is 1. The third-order valence-corrected chi connectivity index (χ3v) is 2.65. The van der Waals surface area contributed by atoms with Crippen molar-refractivity contribution >= 4 is 5.97 Å². The third kappa shape index (κ3) is 2.60. The summed E-state index contributed by atoms with van der Waals surface area (Å²) in [5.41, 5.74) is -0.148. The van der Waals surface area contributed by atoms with E-state index >= 15 is 0 Å². The van der Waals surface area contributed by atoms with Crippen molar-refractivity contribution in [3.05, 3.63) is 29.8 Å². The topological polar surface area (TPSA) is 50.1 Å². The Labute approximate surface area is 95.7 Å². The molecule has 0 aromatic heterocycles. The second kappa shape index (κ2) is 4.80. The summed E-state index contributed by atoms with van der Waals surface area (Å²) in [6, 6.07) is 8.72. The van der Waals surface area contributed by atoms with Gasteiger partial charge in [-0.15, -0.1) is 0 Å². The summed E-state index contributed by atoms with van der Waals surface area (Å²) in [5.74, 6) is 0.0224. The van der Waals surface area contributed by atoms with E-state index in [-0.39, 0.29) is 5.97 Å². The summed E-state index contributed by atoms with van der Waals surface area (Å²) in [7, 11) is 0. The Morgan fingerprint density at radius 3 is 2.62 bits per heavy atom. The van der Waals surface area contributed by atoms with E-state index in [9.17, 15) is 4.79 Å². The van der Waals surface area contributed by atoms with Crippen molar-refractivity contribution in [1.29, 1.82) is 5.26 Å². The highest BCUT2D eigenvalue weighted by atomic mass is 16.5. The minimum absolute atomic E-state index is 0.308. The fraction of sp³-hybridized carbons (Fsp3) is 0.385. The molecule has 0 atom stereocenters. The van der Waals surface area contributed by atoms with E-state index in [0.717, 1.165) is 0 Å². The fourth-order valence-electron chi connectivity index (χ4n) is 1.03. The molecule has 0 spiro atoms. The van der Waals surface area contributed by atoms with Crippen LogP contribution in [0.25, 0.3) is 0 Å². The van der Waals surface area contributed by atoms with Crippen LogP contribution in [0.5, 0.6) is 5.75 Å². The Balaban J connectivity index is 2.90. The maximum atomic E-state index is 11.8. The predicted octanol–water partition coefficient (Wildman–Crippen LogP) is 2.90.